The van der Waals surface area contributed by atoms with E-state index in [1.165, 1.54) is 0 Å². The van der Waals surface area contributed by atoms with Gasteiger partial charge >= 0.3 is 0 Å². The lowest BCUT2D eigenvalue weighted by atomic mass is 9.98. The summed E-state index contributed by atoms with van der Waals surface area (Å²) in [5, 5.41) is 10.8. The van der Waals surface area contributed by atoms with Crippen LogP contribution < -0.4 is 10.6 Å². The molecule has 0 atom stereocenters. The molecule has 1 amide bonds. The molecule has 106 valence electrons. The molecule has 1 saturated heterocycles. The number of carbonyl (C=O) groups excluding carboxylic acids is 1. The highest BCUT2D eigenvalue weighted by Gasteiger charge is 2.17. The highest BCUT2D eigenvalue weighted by molar-refractivity contribution is 5.92. The maximum absolute atomic E-state index is 12.2. The summed E-state index contributed by atoms with van der Waals surface area (Å²) in [5.41, 5.74) is 1.67. The van der Waals surface area contributed by atoms with Gasteiger partial charge < -0.3 is 10.6 Å². The topological polar surface area (TPSA) is 59.0 Å². The Bertz CT molecular complexity index is 421. The third kappa shape index (κ3) is 3.56. The van der Waals surface area contributed by atoms with Crippen LogP contribution in [-0.2, 0) is 13.0 Å². The highest BCUT2D eigenvalue weighted by Crippen LogP contribution is 2.11. The van der Waals surface area contributed by atoms with Gasteiger partial charge in [-0.1, -0.05) is 6.92 Å². The maximum Gasteiger partial charge on any atom is 0.269 e. The van der Waals surface area contributed by atoms with Crippen molar-refractivity contribution >= 4 is 5.91 Å². The Hall–Kier alpha value is -1.36. The Balaban J connectivity index is 1.93. The second-order valence-corrected chi connectivity index (χ2v) is 5.09. The molecule has 0 aliphatic carbocycles. The Morgan fingerprint density at radius 1 is 1.47 bits per heavy atom. The summed E-state index contributed by atoms with van der Waals surface area (Å²) in [5.74, 6) is 0.612. The van der Waals surface area contributed by atoms with E-state index in [9.17, 15) is 4.79 Å². The smallest absolute Gasteiger partial charge is 0.269 e. The molecule has 5 heteroatoms. The van der Waals surface area contributed by atoms with E-state index >= 15 is 0 Å². The number of amides is 1. The van der Waals surface area contributed by atoms with Crippen molar-refractivity contribution < 1.29 is 4.79 Å². The number of hydrogen-bond acceptors (Lipinski definition) is 3. The molecule has 5 nitrogen and oxygen atoms in total. The monoisotopic (exact) mass is 264 g/mol. The van der Waals surface area contributed by atoms with Crippen LogP contribution in [0.4, 0.5) is 0 Å². The number of aryl methyl sites for hydroxylation is 2. The fraction of sp³-hybridized carbons (Fsp3) is 0.714. The summed E-state index contributed by atoms with van der Waals surface area (Å²) in [6, 6.07) is 1.90. The van der Waals surface area contributed by atoms with Gasteiger partial charge in [0.1, 0.15) is 5.69 Å². The van der Waals surface area contributed by atoms with Crippen LogP contribution in [0.3, 0.4) is 0 Å². The van der Waals surface area contributed by atoms with Gasteiger partial charge in [0.15, 0.2) is 0 Å². The average Bonchev–Trinajstić information content (AvgIpc) is 2.89. The minimum atomic E-state index is 0.00702. The standard InChI is InChI=1S/C14H24N4O/c1-3-12-9-13(18(4-2)17-12)14(19)16-10-11-5-7-15-8-6-11/h9,11,15H,3-8,10H2,1-2H3,(H,16,19). The number of nitrogens with zero attached hydrogens (tertiary/aromatic N) is 2. The number of piperidine rings is 1. The van der Waals surface area contributed by atoms with E-state index in [4.69, 9.17) is 0 Å². The minimum Gasteiger partial charge on any atom is -0.350 e. The van der Waals surface area contributed by atoms with E-state index in [0.29, 0.717) is 11.6 Å². The van der Waals surface area contributed by atoms with Gasteiger partial charge in [-0.05, 0) is 51.3 Å². The van der Waals surface area contributed by atoms with Gasteiger partial charge in [0, 0.05) is 13.1 Å². The summed E-state index contributed by atoms with van der Waals surface area (Å²) in [6.07, 6.45) is 3.16. The van der Waals surface area contributed by atoms with Crippen LogP contribution >= 0.6 is 0 Å². The van der Waals surface area contributed by atoms with Crippen molar-refractivity contribution in [3.05, 3.63) is 17.5 Å². The normalized spacial score (nSPS) is 16.5. The van der Waals surface area contributed by atoms with E-state index in [1.54, 1.807) is 4.68 Å². The molecule has 1 aromatic heterocycles. The summed E-state index contributed by atoms with van der Waals surface area (Å²) in [4.78, 5) is 12.2. The second kappa shape index (κ2) is 6.70. The van der Waals surface area contributed by atoms with Gasteiger partial charge in [-0.2, -0.15) is 5.10 Å². The maximum atomic E-state index is 12.2. The van der Waals surface area contributed by atoms with Gasteiger partial charge in [-0.25, -0.2) is 0 Å². The molecule has 0 aromatic carbocycles. The van der Waals surface area contributed by atoms with Crippen molar-refractivity contribution in [3.8, 4) is 0 Å². The summed E-state index contributed by atoms with van der Waals surface area (Å²) in [7, 11) is 0. The summed E-state index contributed by atoms with van der Waals surface area (Å²) >= 11 is 0. The quantitative estimate of drug-likeness (QED) is 0.840. The van der Waals surface area contributed by atoms with Gasteiger partial charge in [0.05, 0.1) is 5.69 Å². The minimum absolute atomic E-state index is 0.00702. The van der Waals surface area contributed by atoms with Crippen LogP contribution in [0.2, 0.25) is 0 Å². The molecule has 1 aliphatic rings. The molecule has 1 aromatic rings. The number of nitrogens with one attached hydrogen (secondary N) is 2. The molecule has 0 radical (unpaired) electrons. The molecule has 0 spiro atoms. The number of rotatable bonds is 5. The van der Waals surface area contributed by atoms with Gasteiger partial charge in [-0.15, -0.1) is 0 Å². The van der Waals surface area contributed by atoms with Gasteiger partial charge in [-0.3, -0.25) is 9.48 Å². The Kier molecular flexibility index (Phi) is 4.96. The Morgan fingerprint density at radius 2 is 2.21 bits per heavy atom. The molecule has 19 heavy (non-hydrogen) atoms. The predicted octanol–water partition coefficient (Wildman–Crippen LogP) is 1.19. The number of carbonyl (C=O) groups is 1. The van der Waals surface area contributed by atoms with E-state index in [2.05, 4.69) is 22.7 Å². The molecule has 1 fully saturated rings. The fourth-order valence-corrected chi connectivity index (χ4v) is 2.48. The molecule has 2 N–H and O–H groups in total. The van der Waals surface area contributed by atoms with Crippen LogP contribution in [0, 0.1) is 5.92 Å². The lowest BCUT2D eigenvalue weighted by Gasteiger charge is -2.22. The second-order valence-electron chi connectivity index (χ2n) is 5.09. The third-order valence-corrected chi connectivity index (χ3v) is 3.73. The van der Waals surface area contributed by atoms with Gasteiger partial charge in [0.2, 0.25) is 0 Å². The molecule has 0 bridgehead atoms. The summed E-state index contributed by atoms with van der Waals surface area (Å²) in [6.45, 7) is 7.70. The van der Waals surface area contributed by atoms with Crippen LogP contribution in [0.1, 0.15) is 42.9 Å². The molecule has 0 unspecified atom stereocenters. The SMILES string of the molecule is CCc1cc(C(=O)NCC2CCNCC2)n(CC)n1. The molecular weight excluding hydrogens is 240 g/mol. The first-order valence-corrected chi connectivity index (χ1v) is 7.30. The number of hydrogen-bond donors (Lipinski definition) is 2. The largest absolute Gasteiger partial charge is 0.350 e. The van der Waals surface area contributed by atoms with E-state index in [0.717, 1.165) is 51.1 Å². The van der Waals surface area contributed by atoms with Crippen molar-refractivity contribution in [3.63, 3.8) is 0 Å². The van der Waals surface area contributed by atoms with E-state index in [-0.39, 0.29) is 5.91 Å². The molecular formula is C14H24N4O. The number of aromatic nitrogens is 2. The summed E-state index contributed by atoms with van der Waals surface area (Å²) < 4.78 is 1.79. The first-order chi connectivity index (χ1) is 9.24. The van der Waals surface area contributed by atoms with Crippen molar-refractivity contribution in [1.29, 1.82) is 0 Å². The molecule has 2 rings (SSSR count). The predicted molar refractivity (Wildman–Crippen MR) is 75.2 cm³/mol. The van der Waals surface area contributed by atoms with Crippen molar-refractivity contribution in [2.75, 3.05) is 19.6 Å². The zero-order valence-corrected chi connectivity index (χ0v) is 11.9. The molecule has 1 aliphatic heterocycles. The lowest BCUT2D eigenvalue weighted by molar-refractivity contribution is 0.0933. The van der Waals surface area contributed by atoms with Crippen LogP contribution in [0.25, 0.3) is 0 Å². The van der Waals surface area contributed by atoms with Crippen LogP contribution in [-0.4, -0.2) is 35.3 Å². The van der Waals surface area contributed by atoms with Crippen molar-refractivity contribution in [2.45, 2.75) is 39.7 Å². The van der Waals surface area contributed by atoms with Gasteiger partial charge in [0.25, 0.3) is 5.91 Å². The highest BCUT2D eigenvalue weighted by atomic mass is 16.2. The van der Waals surface area contributed by atoms with Crippen LogP contribution in [0.15, 0.2) is 6.07 Å². The Morgan fingerprint density at radius 3 is 2.84 bits per heavy atom. The van der Waals surface area contributed by atoms with Crippen LogP contribution in [0.5, 0.6) is 0 Å². The molecule has 2 heterocycles. The Labute approximate surface area is 114 Å². The third-order valence-electron chi connectivity index (χ3n) is 3.73. The molecule has 0 saturated carbocycles. The van der Waals surface area contributed by atoms with E-state index < -0.39 is 0 Å². The van der Waals surface area contributed by atoms with Crippen molar-refractivity contribution in [2.24, 2.45) is 5.92 Å². The first kappa shape index (κ1) is 14.1. The zero-order chi connectivity index (χ0) is 13.7. The zero-order valence-electron chi connectivity index (χ0n) is 11.9. The van der Waals surface area contributed by atoms with E-state index in [1.807, 2.05) is 13.0 Å². The lowest BCUT2D eigenvalue weighted by Crippen LogP contribution is -2.36. The average molecular weight is 264 g/mol. The first-order valence-electron chi connectivity index (χ1n) is 7.30. The van der Waals surface area contributed by atoms with Crippen molar-refractivity contribution in [1.82, 2.24) is 20.4 Å². The fourth-order valence-electron chi connectivity index (χ4n) is 2.48.